The molecule has 0 N–H and O–H groups in total. The van der Waals surface area contributed by atoms with E-state index in [0.29, 0.717) is 19.3 Å². The summed E-state index contributed by atoms with van der Waals surface area (Å²) in [5.41, 5.74) is 0. The average molecular weight is 909 g/mol. The molecule has 376 valence electrons. The van der Waals surface area contributed by atoms with Crippen LogP contribution in [0.25, 0.3) is 0 Å². The van der Waals surface area contributed by atoms with Crippen molar-refractivity contribution in [2.45, 2.75) is 284 Å². The van der Waals surface area contributed by atoms with Crippen LogP contribution in [0.4, 0.5) is 0 Å². The van der Waals surface area contributed by atoms with Gasteiger partial charge in [-0.3, -0.25) is 14.4 Å². The summed E-state index contributed by atoms with van der Waals surface area (Å²) in [6.45, 7) is 6.56. The van der Waals surface area contributed by atoms with Gasteiger partial charge in [0.1, 0.15) is 13.2 Å². The van der Waals surface area contributed by atoms with Crippen molar-refractivity contribution in [2.75, 3.05) is 13.2 Å². The van der Waals surface area contributed by atoms with E-state index < -0.39 is 6.10 Å². The Kier molecular flexibility index (Phi) is 51.3. The zero-order valence-electron chi connectivity index (χ0n) is 43.0. The zero-order valence-corrected chi connectivity index (χ0v) is 43.0. The third-order valence-corrected chi connectivity index (χ3v) is 12.0. The molecule has 0 radical (unpaired) electrons. The van der Waals surface area contributed by atoms with Crippen LogP contribution in [-0.2, 0) is 28.6 Å². The highest BCUT2D eigenvalue weighted by atomic mass is 16.6. The van der Waals surface area contributed by atoms with Crippen LogP contribution >= 0.6 is 0 Å². The van der Waals surface area contributed by atoms with Crippen molar-refractivity contribution in [3.05, 3.63) is 60.8 Å². The summed E-state index contributed by atoms with van der Waals surface area (Å²) in [6, 6.07) is 0. The van der Waals surface area contributed by atoms with Gasteiger partial charge in [0.2, 0.25) is 0 Å². The van der Waals surface area contributed by atoms with Gasteiger partial charge in [0, 0.05) is 19.3 Å². The molecular formula is C59H104O6. The van der Waals surface area contributed by atoms with E-state index >= 15 is 0 Å². The maximum Gasteiger partial charge on any atom is 0.306 e. The number of rotatable bonds is 50. The minimum Gasteiger partial charge on any atom is -0.462 e. The van der Waals surface area contributed by atoms with Gasteiger partial charge in [0.15, 0.2) is 6.10 Å². The van der Waals surface area contributed by atoms with Gasteiger partial charge in [0.25, 0.3) is 0 Å². The van der Waals surface area contributed by atoms with Crippen molar-refractivity contribution in [1.82, 2.24) is 0 Å². The largest absolute Gasteiger partial charge is 0.462 e. The molecule has 6 nitrogen and oxygen atoms in total. The summed E-state index contributed by atoms with van der Waals surface area (Å²) in [5.74, 6) is -0.913. The van der Waals surface area contributed by atoms with Crippen LogP contribution in [0.5, 0.6) is 0 Å². The van der Waals surface area contributed by atoms with E-state index in [1.54, 1.807) is 0 Å². The third-order valence-electron chi connectivity index (χ3n) is 12.0. The summed E-state index contributed by atoms with van der Waals surface area (Å²) in [4.78, 5) is 38.0. The van der Waals surface area contributed by atoms with Gasteiger partial charge < -0.3 is 14.2 Å². The first kappa shape index (κ1) is 62.1. The Morgan fingerprint density at radius 3 is 0.954 bits per heavy atom. The monoisotopic (exact) mass is 909 g/mol. The Balaban J connectivity index is 4.37. The lowest BCUT2D eigenvalue weighted by Gasteiger charge is -2.18. The Hall–Kier alpha value is -2.89. The number of ether oxygens (including phenoxy) is 3. The standard InChI is InChI=1S/C59H104O6/c1-4-7-10-13-16-19-22-24-26-28-29-31-32-34-37-40-43-46-49-52-58(61)64-55-56(54-63-57(60)51-48-45-42-39-36-21-18-15-12-9-6-3)65-59(62)53-50-47-44-41-38-35-33-30-27-25-23-20-17-14-11-8-5-2/h15,17-18,20,24-27,33,35,56H,4-14,16,19,21-23,28-32,34,36-55H2,1-3H3/b18-15-,20-17-,26-24-,27-25-,35-33-/t56-/m0/s1. The fraction of sp³-hybridized carbons (Fsp3) is 0.780. The first-order chi connectivity index (χ1) is 32.0. The highest BCUT2D eigenvalue weighted by Gasteiger charge is 2.19. The van der Waals surface area contributed by atoms with Gasteiger partial charge in [-0.2, -0.15) is 0 Å². The molecule has 0 heterocycles. The number of unbranched alkanes of at least 4 members (excludes halogenated alkanes) is 29. The zero-order chi connectivity index (χ0) is 47.2. The summed E-state index contributed by atoms with van der Waals surface area (Å²) in [7, 11) is 0. The molecular weight excluding hydrogens is 805 g/mol. The molecule has 0 aliphatic rings. The van der Waals surface area contributed by atoms with E-state index in [2.05, 4.69) is 81.5 Å². The molecule has 0 aliphatic heterocycles. The van der Waals surface area contributed by atoms with Gasteiger partial charge in [-0.1, -0.05) is 216 Å². The average Bonchev–Trinajstić information content (AvgIpc) is 3.30. The topological polar surface area (TPSA) is 78.9 Å². The Bertz CT molecular complexity index is 1180. The predicted octanol–water partition coefficient (Wildman–Crippen LogP) is 18.4. The molecule has 0 unspecified atom stereocenters. The van der Waals surface area contributed by atoms with Crippen molar-refractivity contribution in [2.24, 2.45) is 0 Å². The number of carbonyl (C=O) groups excluding carboxylic acids is 3. The van der Waals surface area contributed by atoms with Crippen LogP contribution in [0.15, 0.2) is 60.8 Å². The molecule has 0 aromatic rings. The number of hydrogen-bond donors (Lipinski definition) is 0. The van der Waals surface area contributed by atoms with Crippen LogP contribution in [0.1, 0.15) is 278 Å². The van der Waals surface area contributed by atoms with Gasteiger partial charge in [-0.05, 0) is 103 Å². The van der Waals surface area contributed by atoms with Crippen molar-refractivity contribution in [3.8, 4) is 0 Å². The lowest BCUT2D eigenvalue weighted by molar-refractivity contribution is -0.167. The Morgan fingerprint density at radius 1 is 0.308 bits per heavy atom. The lowest BCUT2D eigenvalue weighted by atomic mass is 10.1. The van der Waals surface area contributed by atoms with Gasteiger partial charge in [-0.15, -0.1) is 0 Å². The summed E-state index contributed by atoms with van der Waals surface area (Å²) in [5, 5.41) is 0. The molecule has 0 bridgehead atoms. The van der Waals surface area contributed by atoms with E-state index in [9.17, 15) is 14.4 Å². The van der Waals surface area contributed by atoms with E-state index in [4.69, 9.17) is 14.2 Å². The Morgan fingerprint density at radius 2 is 0.569 bits per heavy atom. The van der Waals surface area contributed by atoms with Crippen LogP contribution in [0.2, 0.25) is 0 Å². The van der Waals surface area contributed by atoms with Gasteiger partial charge in [0.05, 0.1) is 0 Å². The normalized spacial score (nSPS) is 12.5. The van der Waals surface area contributed by atoms with Gasteiger partial charge >= 0.3 is 17.9 Å². The molecule has 65 heavy (non-hydrogen) atoms. The van der Waals surface area contributed by atoms with Crippen molar-refractivity contribution in [1.29, 1.82) is 0 Å². The predicted molar refractivity (Wildman–Crippen MR) is 279 cm³/mol. The Labute approximate surface area is 402 Å². The molecule has 0 aliphatic carbocycles. The number of hydrogen-bond acceptors (Lipinski definition) is 6. The fourth-order valence-electron chi connectivity index (χ4n) is 7.72. The van der Waals surface area contributed by atoms with E-state index in [1.807, 2.05) is 0 Å². The van der Waals surface area contributed by atoms with Crippen molar-refractivity contribution in [3.63, 3.8) is 0 Å². The van der Waals surface area contributed by atoms with Crippen molar-refractivity contribution >= 4 is 17.9 Å². The second kappa shape index (κ2) is 53.7. The summed E-state index contributed by atoms with van der Waals surface area (Å²) < 4.78 is 16.8. The molecule has 0 fully saturated rings. The third kappa shape index (κ3) is 51.9. The molecule has 0 amide bonds. The number of carbonyl (C=O) groups is 3. The summed E-state index contributed by atoms with van der Waals surface area (Å²) in [6.07, 6.45) is 66.3. The minimum absolute atomic E-state index is 0.0864. The smallest absolute Gasteiger partial charge is 0.306 e. The van der Waals surface area contributed by atoms with Crippen LogP contribution in [0.3, 0.4) is 0 Å². The molecule has 0 spiro atoms. The second-order valence-electron chi connectivity index (χ2n) is 18.5. The molecule has 0 aromatic heterocycles. The van der Waals surface area contributed by atoms with E-state index in [-0.39, 0.29) is 31.1 Å². The SMILES string of the molecule is CCCC/C=C\CCCCCCCC(=O)OC[C@@H](COC(=O)CCCCCCCCCCC/C=C\CCCCCCCC)OC(=O)CCCCCC/C=C\C/C=C\C/C=C\CCCCC. The molecule has 0 aromatic carbocycles. The molecule has 6 heteroatoms. The fourth-order valence-corrected chi connectivity index (χ4v) is 7.72. The molecule has 0 saturated carbocycles. The first-order valence-corrected chi connectivity index (χ1v) is 27.8. The number of esters is 3. The maximum absolute atomic E-state index is 12.8. The van der Waals surface area contributed by atoms with Gasteiger partial charge in [-0.25, -0.2) is 0 Å². The lowest BCUT2D eigenvalue weighted by Crippen LogP contribution is -2.30. The van der Waals surface area contributed by atoms with Crippen LogP contribution in [0, 0.1) is 0 Å². The maximum atomic E-state index is 12.8. The molecule has 1 atom stereocenters. The highest BCUT2D eigenvalue weighted by molar-refractivity contribution is 5.71. The minimum atomic E-state index is -0.789. The number of allylic oxidation sites excluding steroid dienone is 10. The first-order valence-electron chi connectivity index (χ1n) is 27.8. The second-order valence-corrected chi connectivity index (χ2v) is 18.5. The van der Waals surface area contributed by atoms with E-state index in [1.165, 1.54) is 148 Å². The molecule has 0 saturated heterocycles. The van der Waals surface area contributed by atoms with Crippen LogP contribution in [-0.4, -0.2) is 37.2 Å². The van der Waals surface area contributed by atoms with E-state index in [0.717, 1.165) is 89.9 Å². The highest BCUT2D eigenvalue weighted by Crippen LogP contribution is 2.15. The quantitative estimate of drug-likeness (QED) is 0.0262. The van der Waals surface area contributed by atoms with Crippen molar-refractivity contribution < 1.29 is 28.6 Å². The van der Waals surface area contributed by atoms with Crippen LogP contribution < -0.4 is 0 Å². The summed E-state index contributed by atoms with van der Waals surface area (Å²) >= 11 is 0. The molecule has 0 rings (SSSR count).